The van der Waals surface area contributed by atoms with Gasteiger partial charge in [-0.2, -0.15) is 0 Å². The van der Waals surface area contributed by atoms with Crippen LogP contribution in [0.25, 0.3) is 64.6 Å². The van der Waals surface area contributed by atoms with E-state index in [0.29, 0.717) is 0 Å². The lowest BCUT2D eigenvalue weighted by Gasteiger charge is -2.33. The third kappa shape index (κ3) is 5.34. The van der Waals surface area contributed by atoms with Gasteiger partial charge < -0.3 is 9.80 Å². The number of benzene rings is 11. The first-order chi connectivity index (χ1) is 27.8. The van der Waals surface area contributed by atoms with E-state index in [2.05, 4.69) is 228 Å². The van der Waals surface area contributed by atoms with Gasteiger partial charge in [-0.05, 0) is 91.6 Å². The first-order valence-electron chi connectivity index (χ1n) is 19.3. The van der Waals surface area contributed by atoms with Crippen molar-refractivity contribution in [2.45, 2.75) is 0 Å². The summed E-state index contributed by atoms with van der Waals surface area (Å²) in [4.78, 5) is 4.95. The molecule has 0 radical (unpaired) electrons. The molecule has 0 aliphatic carbocycles. The van der Waals surface area contributed by atoms with Crippen LogP contribution in [-0.2, 0) is 0 Å². The Balaban J connectivity index is 1.25. The maximum absolute atomic E-state index is 2.48. The molecule has 0 aromatic heterocycles. The van der Waals surface area contributed by atoms with E-state index in [-0.39, 0.29) is 0 Å². The van der Waals surface area contributed by atoms with Gasteiger partial charge >= 0.3 is 0 Å². The van der Waals surface area contributed by atoms with Gasteiger partial charge in [-0.3, -0.25) is 0 Å². The summed E-state index contributed by atoms with van der Waals surface area (Å²) in [5.74, 6) is 0. The van der Waals surface area contributed by atoms with Crippen molar-refractivity contribution in [1.82, 2.24) is 0 Å². The zero-order valence-electron chi connectivity index (χ0n) is 30.7. The zero-order valence-corrected chi connectivity index (χ0v) is 30.7. The molecule has 11 aromatic rings. The minimum atomic E-state index is 1.11. The number of hydrogen-bond donors (Lipinski definition) is 0. The minimum Gasteiger partial charge on any atom is -0.309 e. The van der Waals surface area contributed by atoms with Crippen LogP contribution in [0.5, 0.6) is 0 Å². The summed E-state index contributed by atoms with van der Waals surface area (Å²) >= 11 is 0. The van der Waals surface area contributed by atoms with Gasteiger partial charge in [-0.1, -0.05) is 170 Å². The molecule has 0 aliphatic rings. The summed E-state index contributed by atoms with van der Waals surface area (Å²) in [6.45, 7) is 0. The third-order valence-electron chi connectivity index (χ3n) is 11.3. The highest BCUT2D eigenvalue weighted by Crippen LogP contribution is 2.51. The standard InChI is InChI=1S/C54H36N2/c1-5-17-41-33-45(29-25-37(41)13-1)55(46-30-26-38-14-2-6-18-42(38)34-46)53-49-21-9-11-23-51(49)54(52-24-12-10-22-50(52)53)56(47-31-27-39-15-3-7-19-43(39)35-47)48-32-28-40-16-4-8-20-44(40)36-48/h1-36H. The van der Waals surface area contributed by atoms with E-state index in [1.807, 2.05) is 0 Å². The molecular formula is C54H36N2. The van der Waals surface area contributed by atoms with E-state index < -0.39 is 0 Å². The Morgan fingerprint density at radius 2 is 0.411 bits per heavy atom. The molecule has 0 spiro atoms. The van der Waals surface area contributed by atoms with Gasteiger partial charge in [0, 0.05) is 44.3 Å². The molecule has 0 saturated carbocycles. The van der Waals surface area contributed by atoms with E-state index in [4.69, 9.17) is 0 Å². The molecule has 0 unspecified atom stereocenters. The van der Waals surface area contributed by atoms with E-state index in [9.17, 15) is 0 Å². The topological polar surface area (TPSA) is 6.48 Å². The van der Waals surface area contributed by atoms with Crippen molar-refractivity contribution in [1.29, 1.82) is 0 Å². The van der Waals surface area contributed by atoms with Crippen LogP contribution in [0.3, 0.4) is 0 Å². The normalized spacial score (nSPS) is 11.6. The smallest absolute Gasteiger partial charge is 0.0619 e. The molecule has 11 aromatic carbocycles. The van der Waals surface area contributed by atoms with E-state index >= 15 is 0 Å². The zero-order chi connectivity index (χ0) is 37.0. The van der Waals surface area contributed by atoms with Gasteiger partial charge in [0.2, 0.25) is 0 Å². The van der Waals surface area contributed by atoms with Crippen LogP contribution >= 0.6 is 0 Å². The second kappa shape index (κ2) is 13.2. The Bertz CT molecular complexity index is 2850. The van der Waals surface area contributed by atoms with Crippen molar-refractivity contribution >= 4 is 98.8 Å². The molecular weight excluding hydrogens is 677 g/mol. The maximum Gasteiger partial charge on any atom is 0.0619 e. The highest BCUT2D eigenvalue weighted by Gasteiger charge is 2.26. The molecule has 0 atom stereocenters. The van der Waals surface area contributed by atoms with Gasteiger partial charge in [-0.25, -0.2) is 0 Å². The van der Waals surface area contributed by atoms with Crippen molar-refractivity contribution in [3.8, 4) is 0 Å². The first kappa shape index (κ1) is 32.0. The molecule has 0 fully saturated rings. The lowest BCUT2D eigenvalue weighted by Crippen LogP contribution is -2.14. The maximum atomic E-state index is 2.48. The average molecular weight is 713 g/mol. The van der Waals surface area contributed by atoms with Crippen LogP contribution in [0.4, 0.5) is 34.1 Å². The number of fused-ring (bicyclic) bond motifs is 6. The molecule has 262 valence electrons. The summed E-state index contributed by atoms with van der Waals surface area (Å²) in [6, 6.07) is 79.9. The predicted octanol–water partition coefficient (Wildman–Crippen LogP) is 15.5. The fraction of sp³-hybridized carbons (Fsp3) is 0. The largest absolute Gasteiger partial charge is 0.309 e. The average Bonchev–Trinajstić information content (AvgIpc) is 3.27. The molecule has 11 rings (SSSR count). The second-order valence-corrected chi connectivity index (χ2v) is 14.6. The Hall–Kier alpha value is -7.42. The summed E-state index contributed by atoms with van der Waals surface area (Å²) in [5.41, 5.74) is 6.77. The molecule has 2 nitrogen and oxygen atoms in total. The SMILES string of the molecule is c1ccc2cc(N(c3ccc4ccccc4c3)c3c4ccccc4c(N(c4ccc5ccccc5c4)c4ccc5ccccc5c4)c4ccccc34)ccc2c1. The molecule has 0 aliphatic heterocycles. The highest BCUT2D eigenvalue weighted by atomic mass is 15.2. The van der Waals surface area contributed by atoms with Crippen molar-refractivity contribution < 1.29 is 0 Å². The van der Waals surface area contributed by atoms with Gasteiger partial charge in [0.1, 0.15) is 0 Å². The number of nitrogens with zero attached hydrogens (tertiary/aromatic N) is 2. The molecule has 0 saturated heterocycles. The fourth-order valence-electron chi connectivity index (χ4n) is 8.64. The van der Waals surface area contributed by atoms with Crippen molar-refractivity contribution in [3.05, 3.63) is 218 Å². The molecule has 0 N–H and O–H groups in total. The van der Waals surface area contributed by atoms with Crippen LogP contribution < -0.4 is 9.80 Å². The lowest BCUT2D eigenvalue weighted by molar-refractivity contribution is 1.31. The van der Waals surface area contributed by atoms with Crippen LogP contribution in [0.15, 0.2) is 218 Å². The monoisotopic (exact) mass is 712 g/mol. The van der Waals surface area contributed by atoms with Crippen LogP contribution in [0.1, 0.15) is 0 Å². The highest BCUT2D eigenvalue weighted by molar-refractivity contribution is 6.23. The Morgan fingerprint density at radius 1 is 0.196 bits per heavy atom. The van der Waals surface area contributed by atoms with Gasteiger partial charge in [0.25, 0.3) is 0 Å². The van der Waals surface area contributed by atoms with Gasteiger partial charge in [0.05, 0.1) is 11.4 Å². The van der Waals surface area contributed by atoms with E-state index in [1.54, 1.807) is 0 Å². The molecule has 2 heteroatoms. The van der Waals surface area contributed by atoms with Crippen molar-refractivity contribution in [2.75, 3.05) is 9.80 Å². The van der Waals surface area contributed by atoms with Crippen LogP contribution in [0, 0.1) is 0 Å². The second-order valence-electron chi connectivity index (χ2n) is 14.6. The van der Waals surface area contributed by atoms with Gasteiger partial charge in [0.15, 0.2) is 0 Å². The molecule has 56 heavy (non-hydrogen) atoms. The van der Waals surface area contributed by atoms with E-state index in [0.717, 1.165) is 34.1 Å². The van der Waals surface area contributed by atoms with E-state index in [1.165, 1.54) is 64.6 Å². The van der Waals surface area contributed by atoms with Crippen LogP contribution in [-0.4, -0.2) is 0 Å². The van der Waals surface area contributed by atoms with Crippen LogP contribution in [0.2, 0.25) is 0 Å². The lowest BCUT2D eigenvalue weighted by atomic mass is 9.94. The summed E-state index contributed by atoms with van der Waals surface area (Å²) in [5, 5.41) is 14.4. The number of anilines is 6. The Morgan fingerprint density at radius 3 is 0.661 bits per heavy atom. The van der Waals surface area contributed by atoms with Crippen molar-refractivity contribution in [3.63, 3.8) is 0 Å². The predicted molar refractivity (Wildman–Crippen MR) is 241 cm³/mol. The third-order valence-corrected chi connectivity index (χ3v) is 11.3. The molecule has 0 bridgehead atoms. The summed E-state index contributed by atoms with van der Waals surface area (Å²) in [6.07, 6.45) is 0. The quantitative estimate of drug-likeness (QED) is 0.125. The minimum absolute atomic E-state index is 1.11. The molecule has 0 heterocycles. The summed E-state index contributed by atoms with van der Waals surface area (Å²) in [7, 11) is 0. The fourth-order valence-corrected chi connectivity index (χ4v) is 8.64. The number of rotatable bonds is 6. The first-order valence-corrected chi connectivity index (χ1v) is 19.3. The number of hydrogen-bond acceptors (Lipinski definition) is 2. The Kier molecular flexibility index (Phi) is 7.53. The summed E-state index contributed by atoms with van der Waals surface area (Å²) < 4.78 is 0. The van der Waals surface area contributed by atoms with Gasteiger partial charge in [-0.15, -0.1) is 0 Å². The Labute approximate surface area is 325 Å². The molecule has 0 amide bonds. The van der Waals surface area contributed by atoms with Crippen molar-refractivity contribution in [2.24, 2.45) is 0 Å².